The van der Waals surface area contributed by atoms with E-state index in [2.05, 4.69) is 40.3 Å². The summed E-state index contributed by atoms with van der Waals surface area (Å²) >= 11 is 3.38. The molecule has 0 unspecified atom stereocenters. The molecule has 0 atom stereocenters. The molecule has 0 bridgehead atoms. The molecular formula is C20H16BrNO. The Morgan fingerprint density at radius 2 is 1.43 bits per heavy atom. The highest BCUT2D eigenvalue weighted by atomic mass is 79.9. The van der Waals surface area contributed by atoms with Gasteiger partial charge in [-0.3, -0.25) is 4.79 Å². The van der Waals surface area contributed by atoms with E-state index in [4.69, 9.17) is 0 Å². The highest BCUT2D eigenvalue weighted by molar-refractivity contribution is 9.10. The number of anilines is 1. The molecule has 0 heterocycles. The van der Waals surface area contributed by atoms with Gasteiger partial charge in [-0.1, -0.05) is 58.4 Å². The summed E-state index contributed by atoms with van der Waals surface area (Å²) in [5, 5.41) is 3.02. The summed E-state index contributed by atoms with van der Waals surface area (Å²) in [6, 6.07) is 23.4. The summed E-state index contributed by atoms with van der Waals surface area (Å²) in [5.74, 6) is -0.112. The number of aryl methyl sites for hydroxylation is 1. The molecule has 0 aromatic heterocycles. The maximum Gasteiger partial charge on any atom is 0.255 e. The molecule has 114 valence electrons. The van der Waals surface area contributed by atoms with Crippen LogP contribution >= 0.6 is 15.9 Å². The van der Waals surface area contributed by atoms with E-state index in [1.54, 1.807) is 12.1 Å². The Hall–Kier alpha value is -2.39. The van der Waals surface area contributed by atoms with E-state index < -0.39 is 0 Å². The normalized spacial score (nSPS) is 10.3. The second-order valence-electron chi connectivity index (χ2n) is 5.32. The van der Waals surface area contributed by atoms with Crippen LogP contribution in [0.2, 0.25) is 0 Å². The van der Waals surface area contributed by atoms with Gasteiger partial charge in [0, 0.05) is 21.3 Å². The maximum atomic E-state index is 12.5. The molecule has 0 aliphatic carbocycles. The molecule has 3 aromatic carbocycles. The Bertz CT molecular complexity index is 840. The van der Waals surface area contributed by atoms with Crippen LogP contribution in [0.4, 0.5) is 5.69 Å². The molecule has 23 heavy (non-hydrogen) atoms. The fourth-order valence-corrected chi connectivity index (χ4v) is 2.76. The molecule has 1 N–H and O–H groups in total. The van der Waals surface area contributed by atoms with Crippen LogP contribution in [-0.2, 0) is 0 Å². The van der Waals surface area contributed by atoms with Crippen LogP contribution in [0, 0.1) is 6.92 Å². The van der Waals surface area contributed by atoms with Gasteiger partial charge in [0.25, 0.3) is 5.91 Å². The van der Waals surface area contributed by atoms with Crippen molar-refractivity contribution in [2.75, 3.05) is 5.32 Å². The van der Waals surface area contributed by atoms with Gasteiger partial charge < -0.3 is 5.32 Å². The van der Waals surface area contributed by atoms with Gasteiger partial charge in [0.05, 0.1) is 0 Å². The Balaban J connectivity index is 1.94. The quantitative estimate of drug-likeness (QED) is 0.635. The van der Waals surface area contributed by atoms with E-state index in [-0.39, 0.29) is 5.91 Å². The number of halogens is 1. The molecular weight excluding hydrogens is 350 g/mol. The van der Waals surface area contributed by atoms with Gasteiger partial charge in [-0.15, -0.1) is 0 Å². The van der Waals surface area contributed by atoms with E-state index in [1.807, 2.05) is 48.5 Å². The van der Waals surface area contributed by atoms with Gasteiger partial charge in [-0.25, -0.2) is 0 Å². The molecule has 3 rings (SSSR count). The summed E-state index contributed by atoms with van der Waals surface area (Å²) in [7, 11) is 0. The minimum atomic E-state index is -0.112. The SMILES string of the molecule is Cc1ccccc1-c1ccccc1NC(=O)c1ccc(Br)cc1. The lowest BCUT2D eigenvalue weighted by Gasteiger charge is -2.13. The predicted molar refractivity (Wildman–Crippen MR) is 98.7 cm³/mol. The summed E-state index contributed by atoms with van der Waals surface area (Å²) < 4.78 is 0.953. The number of carbonyl (C=O) groups is 1. The van der Waals surface area contributed by atoms with Crippen LogP contribution < -0.4 is 5.32 Å². The van der Waals surface area contributed by atoms with E-state index in [0.29, 0.717) is 5.56 Å². The lowest BCUT2D eigenvalue weighted by Crippen LogP contribution is -2.12. The number of hydrogen-bond donors (Lipinski definition) is 1. The number of benzene rings is 3. The van der Waals surface area contributed by atoms with Crippen molar-refractivity contribution in [2.45, 2.75) is 6.92 Å². The molecule has 1 amide bonds. The molecule has 0 fully saturated rings. The van der Waals surface area contributed by atoms with Gasteiger partial charge in [-0.2, -0.15) is 0 Å². The Morgan fingerprint density at radius 3 is 2.13 bits per heavy atom. The second-order valence-corrected chi connectivity index (χ2v) is 6.24. The maximum absolute atomic E-state index is 12.5. The minimum Gasteiger partial charge on any atom is -0.321 e. The van der Waals surface area contributed by atoms with Crippen molar-refractivity contribution in [2.24, 2.45) is 0 Å². The van der Waals surface area contributed by atoms with E-state index in [9.17, 15) is 4.79 Å². The van der Waals surface area contributed by atoms with Crippen molar-refractivity contribution in [1.82, 2.24) is 0 Å². The van der Waals surface area contributed by atoms with Crippen LogP contribution in [0.25, 0.3) is 11.1 Å². The summed E-state index contributed by atoms with van der Waals surface area (Å²) in [4.78, 5) is 12.5. The Morgan fingerprint density at radius 1 is 0.826 bits per heavy atom. The standard InChI is InChI=1S/C20H16BrNO/c1-14-6-2-3-7-17(14)18-8-4-5-9-19(18)22-20(23)15-10-12-16(21)13-11-15/h2-13H,1H3,(H,22,23). The van der Waals surface area contributed by atoms with Crippen molar-refractivity contribution in [3.05, 3.63) is 88.4 Å². The monoisotopic (exact) mass is 365 g/mol. The Labute approximate surface area is 144 Å². The molecule has 0 aliphatic rings. The molecule has 3 aromatic rings. The van der Waals surface area contributed by atoms with Crippen LogP contribution in [-0.4, -0.2) is 5.91 Å². The smallest absolute Gasteiger partial charge is 0.255 e. The van der Waals surface area contributed by atoms with E-state index in [1.165, 1.54) is 5.56 Å². The molecule has 2 nitrogen and oxygen atoms in total. The number of rotatable bonds is 3. The zero-order valence-corrected chi connectivity index (χ0v) is 14.3. The number of para-hydroxylation sites is 1. The highest BCUT2D eigenvalue weighted by Crippen LogP contribution is 2.30. The third-order valence-electron chi connectivity index (χ3n) is 3.72. The first kappa shape index (κ1) is 15.5. The average Bonchev–Trinajstić information content (AvgIpc) is 2.56. The lowest BCUT2D eigenvalue weighted by molar-refractivity contribution is 0.102. The third kappa shape index (κ3) is 3.51. The summed E-state index contributed by atoms with van der Waals surface area (Å²) in [6.45, 7) is 2.07. The largest absolute Gasteiger partial charge is 0.321 e. The van der Waals surface area contributed by atoms with Gasteiger partial charge in [0.2, 0.25) is 0 Å². The van der Waals surface area contributed by atoms with Crippen molar-refractivity contribution >= 4 is 27.5 Å². The van der Waals surface area contributed by atoms with Gasteiger partial charge in [0.1, 0.15) is 0 Å². The first-order valence-corrected chi connectivity index (χ1v) is 8.16. The fourth-order valence-electron chi connectivity index (χ4n) is 2.50. The number of carbonyl (C=O) groups excluding carboxylic acids is 1. The van der Waals surface area contributed by atoms with Gasteiger partial charge >= 0.3 is 0 Å². The number of hydrogen-bond acceptors (Lipinski definition) is 1. The van der Waals surface area contributed by atoms with Gasteiger partial charge in [0.15, 0.2) is 0 Å². The topological polar surface area (TPSA) is 29.1 Å². The number of amides is 1. The van der Waals surface area contributed by atoms with Crippen LogP contribution in [0.5, 0.6) is 0 Å². The van der Waals surface area contributed by atoms with Crippen LogP contribution in [0.1, 0.15) is 15.9 Å². The van der Waals surface area contributed by atoms with Crippen LogP contribution in [0.3, 0.4) is 0 Å². The van der Waals surface area contributed by atoms with E-state index in [0.717, 1.165) is 21.3 Å². The predicted octanol–water partition coefficient (Wildman–Crippen LogP) is 5.68. The fraction of sp³-hybridized carbons (Fsp3) is 0.0500. The van der Waals surface area contributed by atoms with E-state index >= 15 is 0 Å². The first-order chi connectivity index (χ1) is 11.1. The molecule has 0 spiro atoms. The summed E-state index contributed by atoms with van der Waals surface area (Å²) in [6.07, 6.45) is 0. The van der Waals surface area contributed by atoms with Crippen molar-refractivity contribution in [1.29, 1.82) is 0 Å². The molecule has 0 aliphatic heterocycles. The average molecular weight is 366 g/mol. The molecule has 0 radical (unpaired) electrons. The first-order valence-electron chi connectivity index (χ1n) is 7.37. The van der Waals surface area contributed by atoms with Crippen LogP contribution in [0.15, 0.2) is 77.3 Å². The molecule has 0 saturated carbocycles. The molecule has 0 saturated heterocycles. The van der Waals surface area contributed by atoms with Crippen molar-refractivity contribution in [3.63, 3.8) is 0 Å². The Kier molecular flexibility index (Phi) is 4.58. The number of nitrogens with one attached hydrogen (secondary N) is 1. The molecule has 3 heteroatoms. The zero-order chi connectivity index (χ0) is 16.2. The zero-order valence-electron chi connectivity index (χ0n) is 12.7. The second kappa shape index (κ2) is 6.80. The lowest BCUT2D eigenvalue weighted by atomic mass is 9.99. The summed E-state index contributed by atoms with van der Waals surface area (Å²) in [5.41, 5.74) is 4.77. The van der Waals surface area contributed by atoms with Gasteiger partial charge in [-0.05, 0) is 48.4 Å². The third-order valence-corrected chi connectivity index (χ3v) is 4.25. The van der Waals surface area contributed by atoms with Crippen molar-refractivity contribution in [3.8, 4) is 11.1 Å². The highest BCUT2D eigenvalue weighted by Gasteiger charge is 2.11. The minimum absolute atomic E-state index is 0.112. The van der Waals surface area contributed by atoms with Crippen molar-refractivity contribution < 1.29 is 4.79 Å².